The molecule has 0 heterocycles. The summed E-state index contributed by atoms with van der Waals surface area (Å²) in [7, 11) is 0. The quantitative estimate of drug-likeness (QED) is 0.735. The van der Waals surface area contributed by atoms with Crippen LogP contribution in [0.3, 0.4) is 0 Å². The van der Waals surface area contributed by atoms with Gasteiger partial charge in [0.05, 0.1) is 6.61 Å². The standard InChI is InChI=1S/C22H36O3/c1-15(24)25-22(14-23)13-21-11-8-17-19(2,3)9-5-10-20(17,4)18(21)7-6-16(22)12-21/h16-18,23H,5-14H2,1-4H3/t16-,17-,18+,20-,21+,22-/m1/s1. The second-order valence-corrected chi connectivity index (χ2v) is 10.8. The molecule has 3 heteroatoms. The minimum absolute atomic E-state index is 0.00263. The van der Waals surface area contributed by atoms with Gasteiger partial charge in [-0.25, -0.2) is 0 Å². The second-order valence-electron chi connectivity index (χ2n) is 10.8. The van der Waals surface area contributed by atoms with Crippen LogP contribution in [-0.4, -0.2) is 23.3 Å². The molecule has 1 spiro atoms. The number of hydrogen-bond acceptors (Lipinski definition) is 3. The van der Waals surface area contributed by atoms with E-state index in [1.807, 2.05) is 0 Å². The molecule has 4 saturated carbocycles. The molecule has 25 heavy (non-hydrogen) atoms. The van der Waals surface area contributed by atoms with Crippen molar-refractivity contribution in [3.63, 3.8) is 0 Å². The Labute approximate surface area is 152 Å². The van der Waals surface area contributed by atoms with Crippen molar-refractivity contribution in [2.24, 2.45) is 34.0 Å². The fourth-order valence-electron chi connectivity index (χ4n) is 8.55. The van der Waals surface area contributed by atoms with Crippen molar-refractivity contribution in [1.82, 2.24) is 0 Å². The Bertz CT molecular complexity index is 570. The van der Waals surface area contributed by atoms with Gasteiger partial charge in [-0.1, -0.05) is 27.2 Å². The summed E-state index contributed by atoms with van der Waals surface area (Å²) in [5.74, 6) is 1.68. The SMILES string of the molecule is CC(=O)O[C@@]1(CO)C[C@@]23CC[C@@H]4C(C)(C)CCC[C@@]4(C)[C@@H]2CC[C@@H]1C3. The van der Waals surface area contributed by atoms with Crippen LogP contribution in [0.2, 0.25) is 0 Å². The highest BCUT2D eigenvalue weighted by Crippen LogP contribution is 2.73. The zero-order valence-corrected chi connectivity index (χ0v) is 16.6. The molecular formula is C22H36O3. The minimum Gasteiger partial charge on any atom is -0.456 e. The van der Waals surface area contributed by atoms with Gasteiger partial charge in [0.15, 0.2) is 0 Å². The smallest absolute Gasteiger partial charge is 0.303 e. The molecule has 0 saturated heterocycles. The van der Waals surface area contributed by atoms with Gasteiger partial charge in [-0.2, -0.15) is 0 Å². The maximum absolute atomic E-state index is 11.8. The van der Waals surface area contributed by atoms with Crippen LogP contribution in [0.4, 0.5) is 0 Å². The monoisotopic (exact) mass is 348 g/mol. The van der Waals surface area contributed by atoms with E-state index < -0.39 is 5.60 Å². The Morgan fingerprint density at radius 2 is 1.84 bits per heavy atom. The number of ether oxygens (including phenoxy) is 1. The average Bonchev–Trinajstić information content (AvgIpc) is 2.73. The Morgan fingerprint density at radius 1 is 1.08 bits per heavy atom. The fraction of sp³-hybridized carbons (Fsp3) is 0.955. The van der Waals surface area contributed by atoms with Gasteiger partial charge in [-0.15, -0.1) is 0 Å². The molecule has 0 aromatic rings. The van der Waals surface area contributed by atoms with Crippen molar-refractivity contribution in [2.45, 2.75) is 91.1 Å². The van der Waals surface area contributed by atoms with Gasteiger partial charge in [-0.05, 0) is 79.4 Å². The van der Waals surface area contributed by atoms with Crippen LogP contribution in [0.1, 0.15) is 85.5 Å². The largest absolute Gasteiger partial charge is 0.456 e. The van der Waals surface area contributed by atoms with Gasteiger partial charge in [-0.3, -0.25) is 4.79 Å². The van der Waals surface area contributed by atoms with E-state index in [9.17, 15) is 9.90 Å². The van der Waals surface area contributed by atoms with Crippen molar-refractivity contribution in [1.29, 1.82) is 0 Å². The van der Waals surface area contributed by atoms with Crippen molar-refractivity contribution in [3.05, 3.63) is 0 Å². The number of hydrogen-bond donors (Lipinski definition) is 1. The van der Waals surface area contributed by atoms with Gasteiger partial charge >= 0.3 is 5.97 Å². The van der Waals surface area contributed by atoms with Gasteiger partial charge in [0.1, 0.15) is 5.60 Å². The highest BCUT2D eigenvalue weighted by atomic mass is 16.6. The number of fused-ring (bicyclic) bond motifs is 3. The summed E-state index contributed by atoms with van der Waals surface area (Å²) < 4.78 is 5.83. The van der Waals surface area contributed by atoms with E-state index in [1.54, 1.807) is 0 Å². The molecule has 0 radical (unpaired) electrons. The summed E-state index contributed by atoms with van der Waals surface area (Å²) in [5, 5.41) is 10.2. The van der Waals surface area contributed by atoms with E-state index >= 15 is 0 Å². The Kier molecular flexibility index (Phi) is 3.90. The van der Waals surface area contributed by atoms with E-state index in [0.717, 1.165) is 31.1 Å². The molecule has 0 aromatic heterocycles. The highest BCUT2D eigenvalue weighted by molar-refractivity contribution is 5.66. The van der Waals surface area contributed by atoms with Crippen molar-refractivity contribution in [2.75, 3.05) is 6.61 Å². The van der Waals surface area contributed by atoms with Crippen LogP contribution in [0.5, 0.6) is 0 Å². The van der Waals surface area contributed by atoms with E-state index in [1.165, 1.54) is 45.4 Å². The van der Waals surface area contributed by atoms with Crippen molar-refractivity contribution >= 4 is 5.97 Å². The molecule has 142 valence electrons. The normalized spacial score (nSPS) is 50.7. The van der Waals surface area contributed by atoms with Gasteiger partial charge in [0.2, 0.25) is 0 Å². The molecule has 0 unspecified atom stereocenters. The Hall–Kier alpha value is -0.570. The van der Waals surface area contributed by atoms with Gasteiger partial charge < -0.3 is 9.84 Å². The number of carbonyl (C=O) groups excluding carboxylic acids is 1. The summed E-state index contributed by atoms with van der Waals surface area (Å²) in [4.78, 5) is 11.8. The van der Waals surface area contributed by atoms with Crippen LogP contribution < -0.4 is 0 Å². The zero-order chi connectivity index (χ0) is 18.1. The molecule has 4 aliphatic rings. The highest BCUT2D eigenvalue weighted by Gasteiger charge is 2.68. The number of esters is 1. The molecule has 0 amide bonds. The predicted octanol–water partition coefficient (Wildman–Crippen LogP) is 4.71. The third kappa shape index (κ3) is 2.37. The van der Waals surface area contributed by atoms with Crippen LogP contribution >= 0.6 is 0 Å². The molecule has 4 aliphatic carbocycles. The lowest BCUT2D eigenvalue weighted by Gasteiger charge is -2.63. The molecule has 6 atom stereocenters. The molecule has 0 aliphatic heterocycles. The van der Waals surface area contributed by atoms with Crippen LogP contribution in [0.15, 0.2) is 0 Å². The van der Waals surface area contributed by atoms with Crippen molar-refractivity contribution in [3.8, 4) is 0 Å². The summed E-state index contributed by atoms with van der Waals surface area (Å²) in [6.07, 6.45) is 11.1. The number of carbonyl (C=O) groups is 1. The lowest BCUT2D eigenvalue weighted by Crippen LogP contribution is -2.55. The van der Waals surface area contributed by atoms with Crippen LogP contribution in [-0.2, 0) is 9.53 Å². The summed E-state index contributed by atoms with van der Waals surface area (Å²) in [6, 6.07) is 0. The van der Waals surface area contributed by atoms with Crippen LogP contribution in [0.25, 0.3) is 0 Å². The minimum atomic E-state index is -0.603. The lowest BCUT2D eigenvalue weighted by atomic mass is 9.41. The summed E-state index contributed by atoms with van der Waals surface area (Å²) in [5.41, 5.74) is 0.564. The molecule has 3 nitrogen and oxygen atoms in total. The van der Waals surface area contributed by atoms with E-state index in [4.69, 9.17) is 4.74 Å². The third-order valence-corrected chi connectivity index (χ3v) is 9.21. The molecule has 4 fully saturated rings. The molecular weight excluding hydrogens is 312 g/mol. The van der Waals surface area contributed by atoms with Crippen LogP contribution in [0, 0.1) is 34.0 Å². The molecule has 0 aromatic carbocycles. The second kappa shape index (κ2) is 5.47. The average molecular weight is 349 g/mol. The maximum atomic E-state index is 11.8. The zero-order valence-electron chi connectivity index (χ0n) is 16.6. The molecule has 2 bridgehead atoms. The predicted molar refractivity (Wildman–Crippen MR) is 97.9 cm³/mol. The summed E-state index contributed by atoms with van der Waals surface area (Å²) in [6.45, 7) is 9.05. The first kappa shape index (κ1) is 17.8. The van der Waals surface area contributed by atoms with E-state index in [0.29, 0.717) is 22.2 Å². The lowest BCUT2D eigenvalue weighted by molar-refractivity contribution is -0.168. The first-order valence-corrected chi connectivity index (χ1v) is 10.5. The Morgan fingerprint density at radius 3 is 2.52 bits per heavy atom. The molecule has 4 rings (SSSR count). The third-order valence-electron chi connectivity index (χ3n) is 9.21. The number of aliphatic hydroxyl groups excluding tert-OH is 1. The summed E-state index contributed by atoms with van der Waals surface area (Å²) >= 11 is 0. The fourth-order valence-corrected chi connectivity index (χ4v) is 8.55. The van der Waals surface area contributed by atoms with Crippen molar-refractivity contribution < 1.29 is 14.6 Å². The van der Waals surface area contributed by atoms with E-state index in [-0.39, 0.29) is 12.6 Å². The van der Waals surface area contributed by atoms with E-state index in [2.05, 4.69) is 20.8 Å². The number of aliphatic hydroxyl groups is 1. The first-order valence-electron chi connectivity index (χ1n) is 10.5. The first-order chi connectivity index (χ1) is 11.7. The molecule has 1 N–H and O–H groups in total. The topological polar surface area (TPSA) is 46.5 Å². The number of rotatable bonds is 2. The Balaban J connectivity index is 1.70. The maximum Gasteiger partial charge on any atom is 0.303 e. The van der Waals surface area contributed by atoms with Gasteiger partial charge in [0.25, 0.3) is 0 Å². The van der Waals surface area contributed by atoms with Gasteiger partial charge in [0, 0.05) is 12.8 Å².